The monoisotopic (exact) mass is 358 g/mol. The smallest absolute Gasteiger partial charge is 0.303 e. The molecule has 0 spiro atoms. The molecule has 1 fully saturated rings. The summed E-state index contributed by atoms with van der Waals surface area (Å²) in [6.45, 7) is 0.438. The summed E-state index contributed by atoms with van der Waals surface area (Å²) in [5, 5.41) is 12.5. The normalized spacial score (nSPS) is 18.3. The molecule has 1 saturated carbocycles. The maximum atomic E-state index is 13.0. The van der Waals surface area contributed by atoms with E-state index in [-0.39, 0.29) is 12.3 Å². The maximum absolute atomic E-state index is 13.0. The molecule has 0 radical (unpaired) electrons. The van der Waals surface area contributed by atoms with Gasteiger partial charge in [0, 0.05) is 24.7 Å². The van der Waals surface area contributed by atoms with E-state index in [4.69, 9.17) is 9.84 Å². The molecule has 0 atom stereocenters. The Balaban J connectivity index is 1.78. The van der Waals surface area contributed by atoms with Crippen LogP contribution in [0.4, 0.5) is 5.69 Å². The SMILES string of the molecule is COc1ccc(N2CC(CCC(=O)O)=C(NC3CCCCC3)C2=O)cc1. The summed E-state index contributed by atoms with van der Waals surface area (Å²) in [7, 11) is 1.60. The number of nitrogens with zero attached hydrogens (tertiary/aromatic N) is 1. The van der Waals surface area contributed by atoms with E-state index in [0.717, 1.165) is 29.9 Å². The Hall–Kier alpha value is -2.50. The molecule has 1 aliphatic carbocycles. The average molecular weight is 358 g/mol. The quantitative estimate of drug-likeness (QED) is 0.783. The number of carbonyl (C=O) groups is 2. The molecule has 1 aromatic carbocycles. The van der Waals surface area contributed by atoms with Gasteiger partial charge in [-0.25, -0.2) is 0 Å². The van der Waals surface area contributed by atoms with Crippen LogP contribution in [0.15, 0.2) is 35.5 Å². The molecule has 6 nitrogen and oxygen atoms in total. The van der Waals surface area contributed by atoms with Crippen molar-refractivity contribution in [3.8, 4) is 5.75 Å². The van der Waals surface area contributed by atoms with Crippen LogP contribution < -0.4 is 15.0 Å². The number of hydrogen-bond donors (Lipinski definition) is 2. The third kappa shape index (κ3) is 4.18. The fourth-order valence-corrected chi connectivity index (χ4v) is 3.68. The minimum absolute atomic E-state index is 0.0366. The third-order valence-electron chi connectivity index (χ3n) is 5.14. The minimum atomic E-state index is -0.843. The molecule has 140 valence electrons. The van der Waals surface area contributed by atoms with Crippen molar-refractivity contribution in [2.45, 2.75) is 51.0 Å². The molecule has 2 aliphatic rings. The predicted molar refractivity (Wildman–Crippen MR) is 99.3 cm³/mol. The summed E-state index contributed by atoms with van der Waals surface area (Å²) in [4.78, 5) is 25.7. The van der Waals surface area contributed by atoms with Crippen LogP contribution in [-0.4, -0.2) is 36.7 Å². The molecule has 1 amide bonds. The van der Waals surface area contributed by atoms with Crippen molar-refractivity contribution in [3.63, 3.8) is 0 Å². The molecule has 0 bridgehead atoms. The molecule has 1 aromatic rings. The fraction of sp³-hybridized carbons (Fsp3) is 0.500. The first kappa shape index (κ1) is 18.3. The lowest BCUT2D eigenvalue weighted by Crippen LogP contribution is -2.36. The van der Waals surface area contributed by atoms with Gasteiger partial charge in [-0.1, -0.05) is 19.3 Å². The third-order valence-corrected chi connectivity index (χ3v) is 5.14. The Bertz CT molecular complexity index is 690. The van der Waals surface area contributed by atoms with E-state index >= 15 is 0 Å². The topological polar surface area (TPSA) is 78.9 Å². The first-order valence-corrected chi connectivity index (χ1v) is 9.24. The van der Waals surface area contributed by atoms with Gasteiger partial charge >= 0.3 is 5.97 Å². The van der Waals surface area contributed by atoms with E-state index < -0.39 is 5.97 Å². The van der Waals surface area contributed by atoms with Gasteiger partial charge in [0.1, 0.15) is 11.4 Å². The molecule has 2 N–H and O–H groups in total. The Morgan fingerprint density at radius 3 is 2.54 bits per heavy atom. The lowest BCUT2D eigenvalue weighted by molar-refractivity contribution is -0.137. The lowest BCUT2D eigenvalue weighted by atomic mass is 9.95. The van der Waals surface area contributed by atoms with Gasteiger partial charge in [-0.2, -0.15) is 0 Å². The summed E-state index contributed by atoms with van der Waals surface area (Å²) in [5.74, 6) is -0.175. The average Bonchev–Trinajstić information content (AvgIpc) is 2.97. The molecule has 3 rings (SSSR count). The van der Waals surface area contributed by atoms with Gasteiger partial charge < -0.3 is 20.1 Å². The lowest BCUT2D eigenvalue weighted by Gasteiger charge is -2.25. The van der Waals surface area contributed by atoms with Gasteiger partial charge in [0.05, 0.1) is 7.11 Å². The summed E-state index contributed by atoms with van der Waals surface area (Å²) in [6.07, 6.45) is 6.14. The van der Waals surface area contributed by atoms with Crippen LogP contribution >= 0.6 is 0 Å². The zero-order valence-electron chi connectivity index (χ0n) is 15.2. The summed E-state index contributed by atoms with van der Waals surface area (Å²) >= 11 is 0. The second kappa shape index (κ2) is 8.25. The number of nitrogens with one attached hydrogen (secondary N) is 1. The van der Waals surface area contributed by atoms with E-state index in [1.54, 1.807) is 12.0 Å². The molecule has 0 aromatic heterocycles. The Morgan fingerprint density at radius 2 is 1.92 bits per heavy atom. The Labute approximate surface area is 153 Å². The first-order valence-electron chi connectivity index (χ1n) is 9.24. The number of carboxylic acids is 1. The highest BCUT2D eigenvalue weighted by Crippen LogP contribution is 2.30. The van der Waals surface area contributed by atoms with Crippen LogP contribution in [0.2, 0.25) is 0 Å². The zero-order chi connectivity index (χ0) is 18.5. The molecule has 0 saturated heterocycles. The van der Waals surface area contributed by atoms with Gasteiger partial charge in [0.2, 0.25) is 0 Å². The predicted octanol–water partition coefficient (Wildman–Crippen LogP) is 3.08. The number of benzene rings is 1. The summed E-state index contributed by atoms with van der Waals surface area (Å²) in [6, 6.07) is 7.67. The summed E-state index contributed by atoms with van der Waals surface area (Å²) in [5.41, 5.74) is 2.29. The minimum Gasteiger partial charge on any atom is -0.497 e. The number of ether oxygens (including phenoxy) is 1. The van der Waals surface area contributed by atoms with E-state index in [1.165, 1.54) is 19.3 Å². The number of carbonyl (C=O) groups excluding carboxylic acids is 1. The zero-order valence-corrected chi connectivity index (χ0v) is 15.2. The van der Waals surface area contributed by atoms with Gasteiger partial charge in [-0.05, 0) is 49.1 Å². The Kier molecular flexibility index (Phi) is 5.81. The van der Waals surface area contributed by atoms with Gasteiger partial charge in [-0.15, -0.1) is 0 Å². The number of methoxy groups -OCH3 is 1. The van der Waals surface area contributed by atoms with Crippen LogP contribution in [0.5, 0.6) is 5.75 Å². The number of rotatable bonds is 7. The van der Waals surface area contributed by atoms with Gasteiger partial charge in [0.15, 0.2) is 0 Å². The Morgan fingerprint density at radius 1 is 1.23 bits per heavy atom. The van der Waals surface area contributed by atoms with E-state index in [1.807, 2.05) is 24.3 Å². The highest BCUT2D eigenvalue weighted by atomic mass is 16.5. The van der Waals surface area contributed by atoms with Crippen LogP contribution in [0.3, 0.4) is 0 Å². The molecule has 1 aliphatic heterocycles. The number of aliphatic carboxylic acids is 1. The number of carboxylic acid groups (broad SMARTS) is 1. The standard InChI is InChI=1S/C20H26N2O4/c1-26-17-10-8-16(9-11-17)22-13-14(7-12-18(23)24)19(20(22)25)21-15-5-3-2-4-6-15/h8-11,15,21H,2-7,12-13H2,1H3,(H,23,24). The van der Waals surface area contributed by atoms with E-state index in [2.05, 4.69) is 5.32 Å². The van der Waals surface area contributed by atoms with Crippen LogP contribution in [0.1, 0.15) is 44.9 Å². The van der Waals surface area contributed by atoms with E-state index in [9.17, 15) is 9.59 Å². The molecule has 6 heteroatoms. The second-order valence-corrected chi connectivity index (χ2v) is 6.94. The maximum Gasteiger partial charge on any atom is 0.303 e. The molecule has 26 heavy (non-hydrogen) atoms. The van der Waals surface area contributed by atoms with Crippen LogP contribution in [-0.2, 0) is 9.59 Å². The number of amides is 1. The molecule has 1 heterocycles. The van der Waals surface area contributed by atoms with Crippen molar-refractivity contribution in [1.82, 2.24) is 5.32 Å². The highest BCUT2D eigenvalue weighted by molar-refractivity contribution is 6.09. The fourth-order valence-electron chi connectivity index (χ4n) is 3.68. The van der Waals surface area contributed by atoms with Crippen molar-refractivity contribution in [2.24, 2.45) is 0 Å². The van der Waals surface area contributed by atoms with Crippen molar-refractivity contribution in [3.05, 3.63) is 35.5 Å². The van der Waals surface area contributed by atoms with Crippen molar-refractivity contribution < 1.29 is 19.4 Å². The second-order valence-electron chi connectivity index (χ2n) is 6.94. The first-order chi connectivity index (χ1) is 12.6. The van der Waals surface area contributed by atoms with Crippen molar-refractivity contribution in [1.29, 1.82) is 0 Å². The largest absolute Gasteiger partial charge is 0.497 e. The molecular formula is C20H26N2O4. The van der Waals surface area contributed by atoms with Crippen molar-refractivity contribution >= 4 is 17.6 Å². The van der Waals surface area contributed by atoms with Crippen LogP contribution in [0.25, 0.3) is 0 Å². The van der Waals surface area contributed by atoms with Crippen molar-refractivity contribution in [2.75, 3.05) is 18.6 Å². The molecular weight excluding hydrogens is 332 g/mol. The van der Waals surface area contributed by atoms with Gasteiger partial charge in [0.25, 0.3) is 5.91 Å². The van der Waals surface area contributed by atoms with Crippen LogP contribution in [0, 0.1) is 0 Å². The highest BCUT2D eigenvalue weighted by Gasteiger charge is 2.33. The number of hydrogen-bond acceptors (Lipinski definition) is 4. The van der Waals surface area contributed by atoms with E-state index in [0.29, 0.717) is 24.7 Å². The summed E-state index contributed by atoms with van der Waals surface area (Å²) < 4.78 is 5.17. The van der Waals surface area contributed by atoms with Gasteiger partial charge in [-0.3, -0.25) is 9.59 Å². The number of anilines is 1. The molecule has 0 unspecified atom stereocenters.